The van der Waals surface area contributed by atoms with E-state index >= 15 is 0 Å². The van der Waals surface area contributed by atoms with E-state index in [1.54, 1.807) is 23.0 Å². The van der Waals surface area contributed by atoms with Crippen molar-refractivity contribution in [3.8, 4) is 5.75 Å². The van der Waals surface area contributed by atoms with Gasteiger partial charge in [0, 0.05) is 24.0 Å². The Morgan fingerprint density at radius 1 is 1.33 bits per heavy atom. The molecule has 2 N–H and O–H groups in total. The zero-order valence-corrected chi connectivity index (χ0v) is 13.1. The number of nitrogen functional groups attached to an aromatic ring is 1. The summed E-state index contributed by atoms with van der Waals surface area (Å²) in [5.74, 6) is 0.0748. The van der Waals surface area contributed by atoms with Gasteiger partial charge in [-0.2, -0.15) is 5.10 Å². The number of nitrogens with zero attached hydrogens (tertiary/aromatic N) is 2. The molecular formula is C14H19N3O3S. The first-order chi connectivity index (χ1) is 9.83. The zero-order valence-electron chi connectivity index (χ0n) is 12.3. The van der Waals surface area contributed by atoms with Gasteiger partial charge in [-0.3, -0.25) is 4.68 Å². The molecule has 1 aromatic heterocycles. The van der Waals surface area contributed by atoms with Gasteiger partial charge in [0.05, 0.1) is 18.6 Å². The Morgan fingerprint density at radius 3 is 2.62 bits per heavy atom. The average Bonchev–Trinajstić information content (AvgIpc) is 2.86. The molecule has 7 heteroatoms. The van der Waals surface area contributed by atoms with Gasteiger partial charge in [0.25, 0.3) is 0 Å². The monoisotopic (exact) mass is 309 g/mol. The smallest absolute Gasteiger partial charge is 0.187 e. The average molecular weight is 309 g/mol. The molecule has 0 atom stereocenters. The Hall–Kier alpha value is -2.02. The molecule has 6 nitrogen and oxygen atoms in total. The van der Waals surface area contributed by atoms with E-state index < -0.39 is 9.84 Å². The van der Waals surface area contributed by atoms with Gasteiger partial charge in [0.15, 0.2) is 9.84 Å². The predicted molar refractivity (Wildman–Crippen MR) is 80.9 cm³/mol. The van der Waals surface area contributed by atoms with Crippen LogP contribution in [-0.4, -0.2) is 25.3 Å². The van der Waals surface area contributed by atoms with Gasteiger partial charge in [0.2, 0.25) is 0 Å². The van der Waals surface area contributed by atoms with E-state index in [1.165, 1.54) is 19.2 Å². The van der Waals surface area contributed by atoms with Gasteiger partial charge >= 0.3 is 0 Å². The van der Waals surface area contributed by atoms with Crippen LogP contribution in [0.3, 0.4) is 0 Å². The van der Waals surface area contributed by atoms with Crippen molar-refractivity contribution >= 4 is 15.5 Å². The van der Waals surface area contributed by atoms with Crippen LogP contribution in [0.1, 0.15) is 25.6 Å². The Bertz CT molecular complexity index is 736. The van der Waals surface area contributed by atoms with Crippen LogP contribution in [-0.2, 0) is 15.6 Å². The molecule has 0 radical (unpaired) electrons. The fourth-order valence-electron chi connectivity index (χ4n) is 1.96. The zero-order chi connectivity index (χ0) is 15.6. The van der Waals surface area contributed by atoms with Crippen molar-refractivity contribution in [2.24, 2.45) is 0 Å². The van der Waals surface area contributed by atoms with E-state index in [0.717, 1.165) is 0 Å². The quantitative estimate of drug-likeness (QED) is 0.854. The van der Waals surface area contributed by atoms with Crippen LogP contribution in [0, 0.1) is 0 Å². The van der Waals surface area contributed by atoms with Crippen LogP contribution in [0.25, 0.3) is 0 Å². The molecule has 21 heavy (non-hydrogen) atoms. The first kappa shape index (κ1) is 15.4. The van der Waals surface area contributed by atoms with E-state index in [9.17, 15) is 8.42 Å². The van der Waals surface area contributed by atoms with Crippen LogP contribution in [0.4, 0.5) is 5.69 Å². The highest BCUT2D eigenvalue weighted by Gasteiger charge is 2.21. The summed E-state index contributed by atoms with van der Waals surface area (Å²) in [5, 5.41) is 4.27. The summed E-state index contributed by atoms with van der Waals surface area (Å²) in [6.45, 7) is 3.96. The van der Waals surface area contributed by atoms with Crippen molar-refractivity contribution in [2.75, 3.05) is 12.8 Å². The van der Waals surface area contributed by atoms with E-state index in [2.05, 4.69) is 5.10 Å². The third-order valence-corrected chi connectivity index (χ3v) is 4.74. The lowest BCUT2D eigenvalue weighted by atomic mass is 10.3. The van der Waals surface area contributed by atoms with E-state index in [4.69, 9.17) is 10.5 Å². The van der Waals surface area contributed by atoms with E-state index in [1.807, 2.05) is 13.8 Å². The number of ether oxygens (including phenoxy) is 1. The molecule has 0 saturated carbocycles. The highest BCUT2D eigenvalue weighted by molar-refractivity contribution is 7.90. The largest absolute Gasteiger partial charge is 0.495 e. The fourth-order valence-corrected chi connectivity index (χ4v) is 3.38. The lowest BCUT2D eigenvalue weighted by Crippen LogP contribution is -2.09. The normalized spacial score (nSPS) is 11.8. The summed E-state index contributed by atoms with van der Waals surface area (Å²) in [6.07, 6.45) is 1.77. The van der Waals surface area contributed by atoms with Crippen molar-refractivity contribution in [2.45, 2.75) is 30.5 Å². The highest BCUT2D eigenvalue weighted by Crippen LogP contribution is 2.28. The van der Waals surface area contributed by atoms with Gasteiger partial charge in [-0.25, -0.2) is 8.42 Å². The van der Waals surface area contributed by atoms with Crippen LogP contribution < -0.4 is 10.5 Å². The molecule has 0 aliphatic heterocycles. The highest BCUT2D eigenvalue weighted by atomic mass is 32.2. The maximum absolute atomic E-state index is 12.5. The molecule has 1 heterocycles. The van der Waals surface area contributed by atoms with Crippen molar-refractivity contribution in [3.05, 3.63) is 36.2 Å². The standard InChI is InChI=1S/C14H19N3O3S/c1-10(2)17-7-6-12(16-17)9-21(18,19)14-5-4-11(15)8-13(14)20-3/h4-8,10H,9,15H2,1-3H3. The maximum Gasteiger partial charge on any atom is 0.187 e. The third kappa shape index (κ3) is 3.36. The minimum atomic E-state index is -3.54. The number of anilines is 1. The summed E-state index contributed by atoms with van der Waals surface area (Å²) in [5.41, 5.74) is 6.60. The maximum atomic E-state index is 12.5. The minimum absolute atomic E-state index is 0.123. The fraction of sp³-hybridized carbons (Fsp3) is 0.357. The Labute approximate surface area is 124 Å². The number of sulfone groups is 1. The van der Waals surface area contributed by atoms with Crippen molar-refractivity contribution in [3.63, 3.8) is 0 Å². The first-order valence-electron chi connectivity index (χ1n) is 6.54. The number of benzene rings is 1. The molecule has 0 amide bonds. The number of hydrogen-bond acceptors (Lipinski definition) is 5. The van der Waals surface area contributed by atoms with Gasteiger partial charge < -0.3 is 10.5 Å². The van der Waals surface area contributed by atoms with E-state index in [-0.39, 0.29) is 22.4 Å². The Balaban J connectivity index is 2.33. The molecule has 0 aliphatic rings. The molecule has 0 saturated heterocycles. The summed E-state index contributed by atoms with van der Waals surface area (Å²) in [6, 6.07) is 6.40. The van der Waals surface area contributed by atoms with Crippen LogP contribution in [0.5, 0.6) is 5.75 Å². The molecule has 0 unspecified atom stereocenters. The van der Waals surface area contributed by atoms with Crippen LogP contribution >= 0.6 is 0 Å². The van der Waals surface area contributed by atoms with Crippen molar-refractivity contribution in [1.29, 1.82) is 0 Å². The molecule has 2 aromatic rings. The molecule has 0 spiro atoms. The number of nitrogens with two attached hydrogens (primary N) is 1. The second-order valence-electron chi connectivity index (χ2n) is 5.05. The van der Waals surface area contributed by atoms with Crippen molar-refractivity contribution < 1.29 is 13.2 Å². The van der Waals surface area contributed by atoms with E-state index in [0.29, 0.717) is 11.4 Å². The number of rotatable bonds is 5. The Kier molecular flexibility index (Phi) is 4.22. The topological polar surface area (TPSA) is 87.2 Å². The predicted octanol–water partition coefficient (Wildman–Crippen LogP) is 2.03. The molecule has 0 bridgehead atoms. The SMILES string of the molecule is COc1cc(N)ccc1S(=O)(=O)Cc1ccn(C(C)C)n1. The molecule has 0 aliphatic carbocycles. The van der Waals surface area contributed by atoms with Gasteiger partial charge in [-0.15, -0.1) is 0 Å². The lowest BCUT2D eigenvalue weighted by Gasteiger charge is -2.09. The van der Waals surface area contributed by atoms with Gasteiger partial charge in [-0.1, -0.05) is 0 Å². The van der Waals surface area contributed by atoms with Crippen molar-refractivity contribution in [1.82, 2.24) is 9.78 Å². The molecular weight excluding hydrogens is 290 g/mol. The van der Waals surface area contributed by atoms with Gasteiger partial charge in [-0.05, 0) is 32.0 Å². The van der Waals surface area contributed by atoms with Gasteiger partial charge in [0.1, 0.15) is 10.6 Å². The molecule has 114 valence electrons. The lowest BCUT2D eigenvalue weighted by molar-refractivity contribution is 0.403. The number of aromatic nitrogens is 2. The Morgan fingerprint density at radius 2 is 2.05 bits per heavy atom. The summed E-state index contributed by atoms with van der Waals surface area (Å²) in [4.78, 5) is 0.123. The minimum Gasteiger partial charge on any atom is -0.495 e. The molecule has 0 fully saturated rings. The first-order valence-corrected chi connectivity index (χ1v) is 8.19. The van der Waals surface area contributed by atoms with Crippen LogP contribution in [0.15, 0.2) is 35.4 Å². The molecule has 2 rings (SSSR count). The second kappa shape index (κ2) is 5.77. The molecule has 1 aromatic carbocycles. The van der Waals surface area contributed by atoms with Crippen LogP contribution in [0.2, 0.25) is 0 Å². The second-order valence-corrected chi connectivity index (χ2v) is 7.01. The summed E-state index contributed by atoms with van der Waals surface area (Å²) in [7, 11) is -2.12. The third-order valence-electron chi connectivity index (χ3n) is 3.05. The summed E-state index contributed by atoms with van der Waals surface area (Å²) < 4.78 is 31.8. The number of methoxy groups -OCH3 is 1. The summed E-state index contributed by atoms with van der Waals surface area (Å²) >= 11 is 0. The number of hydrogen-bond donors (Lipinski definition) is 1.